The van der Waals surface area contributed by atoms with E-state index in [2.05, 4.69) is 30.6 Å². The lowest BCUT2D eigenvalue weighted by Gasteiger charge is -2.12. The monoisotopic (exact) mass is 211 g/mol. The minimum Gasteiger partial charge on any atom is -0.374 e. The smallest absolute Gasteiger partial charge is 0.130 e. The summed E-state index contributed by atoms with van der Waals surface area (Å²) in [6, 6.07) is 8.06. The number of benzene rings is 1. The van der Waals surface area contributed by atoms with Gasteiger partial charge < -0.3 is 5.11 Å². The second-order valence-corrected chi connectivity index (χ2v) is 4.41. The summed E-state index contributed by atoms with van der Waals surface area (Å²) in [5.41, 5.74) is 2.20. The van der Waals surface area contributed by atoms with Crippen LogP contribution < -0.4 is 5.32 Å². The average Bonchev–Trinajstić information content (AvgIpc) is 2.27. The van der Waals surface area contributed by atoms with Crippen molar-refractivity contribution in [2.75, 3.05) is 13.3 Å². The van der Waals surface area contributed by atoms with Gasteiger partial charge in [-0.25, -0.2) is 0 Å². The van der Waals surface area contributed by atoms with Gasteiger partial charge in [0.15, 0.2) is 0 Å². The van der Waals surface area contributed by atoms with Gasteiger partial charge in [-0.05, 0) is 31.4 Å². The summed E-state index contributed by atoms with van der Waals surface area (Å²) < 4.78 is 0. The highest BCUT2D eigenvalue weighted by atomic mass is 32.2. The summed E-state index contributed by atoms with van der Waals surface area (Å²) in [6.45, 7) is 2.17. The van der Waals surface area contributed by atoms with Crippen LogP contribution >= 0.6 is 11.8 Å². The van der Waals surface area contributed by atoms with Gasteiger partial charge >= 0.3 is 0 Å². The summed E-state index contributed by atoms with van der Waals surface area (Å²) in [6.07, 6.45) is 1.54. The van der Waals surface area contributed by atoms with Gasteiger partial charge in [-0.15, -0.1) is 0 Å². The number of aliphatic hydroxyl groups is 1. The Kier molecular flexibility index (Phi) is 4.45. The Morgan fingerprint density at radius 1 is 1.21 bits per heavy atom. The molecule has 0 spiro atoms. The van der Waals surface area contributed by atoms with Crippen LogP contribution in [-0.2, 0) is 0 Å². The Morgan fingerprint density at radius 2 is 1.71 bits per heavy atom. The molecule has 0 heterocycles. The first-order chi connectivity index (χ1) is 6.69. The molecule has 0 fully saturated rings. The zero-order valence-electron chi connectivity index (χ0n) is 8.82. The molecule has 0 aliphatic heterocycles. The first-order valence-electron chi connectivity index (χ1n) is 4.67. The quantitative estimate of drug-likeness (QED) is 0.750. The average molecular weight is 211 g/mol. The van der Waals surface area contributed by atoms with E-state index in [0.717, 1.165) is 5.56 Å². The molecule has 0 aromatic heterocycles. The first kappa shape index (κ1) is 11.6. The predicted molar refractivity (Wildman–Crippen MR) is 62.4 cm³/mol. The SMILES string of the molecule is CNC(O)c1ccc(C(C)SC)cc1. The minimum atomic E-state index is -0.561. The molecule has 0 aliphatic carbocycles. The van der Waals surface area contributed by atoms with Crippen molar-refractivity contribution in [2.24, 2.45) is 0 Å². The Morgan fingerprint density at radius 3 is 2.14 bits per heavy atom. The van der Waals surface area contributed by atoms with Crippen LogP contribution in [-0.4, -0.2) is 18.4 Å². The molecule has 0 saturated carbocycles. The Bertz CT molecular complexity index is 244. The van der Waals surface area contributed by atoms with Crippen LogP contribution in [0.25, 0.3) is 0 Å². The largest absolute Gasteiger partial charge is 0.374 e. The maximum Gasteiger partial charge on any atom is 0.130 e. The van der Waals surface area contributed by atoms with Crippen LogP contribution in [0.3, 0.4) is 0 Å². The molecular weight excluding hydrogens is 194 g/mol. The summed E-state index contributed by atoms with van der Waals surface area (Å²) in [5.74, 6) is 0. The number of hydrogen-bond acceptors (Lipinski definition) is 3. The molecule has 1 aromatic rings. The molecule has 0 bridgehead atoms. The topological polar surface area (TPSA) is 32.3 Å². The fraction of sp³-hybridized carbons (Fsp3) is 0.455. The fourth-order valence-corrected chi connectivity index (χ4v) is 1.68. The molecule has 2 nitrogen and oxygen atoms in total. The Balaban J connectivity index is 2.78. The maximum atomic E-state index is 9.50. The van der Waals surface area contributed by atoms with Gasteiger partial charge in [-0.3, -0.25) is 5.32 Å². The molecule has 2 unspecified atom stereocenters. The Labute approximate surface area is 89.7 Å². The third-order valence-corrected chi connectivity index (χ3v) is 3.33. The number of hydrogen-bond donors (Lipinski definition) is 2. The van der Waals surface area contributed by atoms with Crippen LogP contribution in [0, 0.1) is 0 Å². The van der Waals surface area contributed by atoms with E-state index in [9.17, 15) is 5.11 Å². The summed E-state index contributed by atoms with van der Waals surface area (Å²) in [4.78, 5) is 0. The number of nitrogens with one attached hydrogen (secondary N) is 1. The molecule has 0 aliphatic rings. The van der Waals surface area contributed by atoms with Gasteiger partial charge in [0.25, 0.3) is 0 Å². The third kappa shape index (κ3) is 2.74. The fourth-order valence-electron chi connectivity index (χ4n) is 1.25. The molecule has 1 aromatic carbocycles. The maximum absolute atomic E-state index is 9.50. The number of rotatable bonds is 4. The first-order valence-corrected chi connectivity index (χ1v) is 5.95. The van der Waals surface area contributed by atoms with Gasteiger partial charge in [0.2, 0.25) is 0 Å². The van der Waals surface area contributed by atoms with Crippen molar-refractivity contribution in [3.05, 3.63) is 35.4 Å². The van der Waals surface area contributed by atoms with E-state index in [-0.39, 0.29) is 0 Å². The normalized spacial score (nSPS) is 15.1. The van der Waals surface area contributed by atoms with E-state index >= 15 is 0 Å². The molecule has 0 saturated heterocycles. The van der Waals surface area contributed by atoms with E-state index in [0.29, 0.717) is 5.25 Å². The van der Waals surface area contributed by atoms with E-state index in [1.807, 2.05) is 23.9 Å². The molecular formula is C11H17NOS. The van der Waals surface area contributed by atoms with Crippen LogP contribution in [0.4, 0.5) is 0 Å². The van der Waals surface area contributed by atoms with Gasteiger partial charge in [0, 0.05) is 5.25 Å². The molecule has 0 radical (unpaired) electrons. The zero-order valence-corrected chi connectivity index (χ0v) is 9.64. The second-order valence-electron chi connectivity index (χ2n) is 3.24. The lowest BCUT2D eigenvalue weighted by Crippen LogP contribution is -2.14. The molecule has 2 N–H and O–H groups in total. The zero-order chi connectivity index (χ0) is 10.6. The van der Waals surface area contributed by atoms with Crippen molar-refractivity contribution in [2.45, 2.75) is 18.4 Å². The van der Waals surface area contributed by atoms with Crippen LogP contribution in [0.5, 0.6) is 0 Å². The van der Waals surface area contributed by atoms with Crippen molar-refractivity contribution < 1.29 is 5.11 Å². The molecule has 2 atom stereocenters. The number of aliphatic hydroxyl groups excluding tert-OH is 1. The van der Waals surface area contributed by atoms with Crippen LogP contribution in [0.1, 0.15) is 29.5 Å². The van der Waals surface area contributed by atoms with Crippen molar-refractivity contribution in [3.8, 4) is 0 Å². The van der Waals surface area contributed by atoms with E-state index in [1.165, 1.54) is 5.56 Å². The summed E-state index contributed by atoms with van der Waals surface area (Å²) >= 11 is 1.82. The molecule has 3 heteroatoms. The van der Waals surface area contributed by atoms with Crippen molar-refractivity contribution >= 4 is 11.8 Å². The van der Waals surface area contributed by atoms with Gasteiger partial charge in [-0.2, -0.15) is 11.8 Å². The second kappa shape index (κ2) is 5.39. The highest BCUT2D eigenvalue weighted by Crippen LogP contribution is 2.26. The van der Waals surface area contributed by atoms with E-state index in [4.69, 9.17) is 0 Å². The lowest BCUT2D eigenvalue weighted by atomic mass is 10.1. The van der Waals surface area contributed by atoms with Crippen LogP contribution in [0.2, 0.25) is 0 Å². The van der Waals surface area contributed by atoms with E-state index < -0.39 is 6.23 Å². The van der Waals surface area contributed by atoms with E-state index in [1.54, 1.807) is 7.05 Å². The summed E-state index contributed by atoms with van der Waals surface area (Å²) in [5, 5.41) is 12.8. The van der Waals surface area contributed by atoms with Crippen molar-refractivity contribution in [3.63, 3.8) is 0 Å². The molecule has 0 amide bonds. The van der Waals surface area contributed by atoms with Crippen molar-refractivity contribution in [1.82, 2.24) is 5.32 Å². The lowest BCUT2D eigenvalue weighted by molar-refractivity contribution is 0.149. The third-order valence-electron chi connectivity index (χ3n) is 2.35. The highest BCUT2D eigenvalue weighted by molar-refractivity contribution is 7.98. The van der Waals surface area contributed by atoms with Gasteiger partial charge in [0.1, 0.15) is 6.23 Å². The van der Waals surface area contributed by atoms with Gasteiger partial charge in [0.05, 0.1) is 0 Å². The Hall–Kier alpha value is -0.510. The van der Waals surface area contributed by atoms with Crippen molar-refractivity contribution in [1.29, 1.82) is 0 Å². The molecule has 14 heavy (non-hydrogen) atoms. The van der Waals surface area contributed by atoms with Gasteiger partial charge in [-0.1, -0.05) is 24.3 Å². The highest BCUT2D eigenvalue weighted by Gasteiger charge is 2.06. The standard InChI is InChI=1S/C11H17NOS/c1-8(14-3)9-4-6-10(7-5-9)11(13)12-2/h4-8,11-13H,1-3H3. The minimum absolute atomic E-state index is 0.510. The predicted octanol–water partition coefficient (Wildman–Crippen LogP) is 2.32. The molecule has 1 rings (SSSR count). The van der Waals surface area contributed by atoms with Crippen LogP contribution in [0.15, 0.2) is 24.3 Å². The molecule has 78 valence electrons. The number of thioether (sulfide) groups is 1. The summed E-state index contributed by atoms with van der Waals surface area (Å²) in [7, 11) is 1.74.